The predicted octanol–water partition coefficient (Wildman–Crippen LogP) is 1.61. The number of rotatable bonds is 6. The Morgan fingerprint density at radius 1 is 1.15 bits per heavy atom. The summed E-state index contributed by atoms with van der Waals surface area (Å²) in [5.74, 6) is 0.485. The van der Waals surface area contributed by atoms with Crippen molar-refractivity contribution in [3.05, 3.63) is 48.2 Å². The van der Waals surface area contributed by atoms with Crippen LogP contribution < -0.4 is 4.74 Å². The third-order valence-corrected chi connectivity index (χ3v) is 5.92. The third-order valence-electron chi connectivity index (χ3n) is 4.04. The number of carbonyl (C=O) groups excluding carboxylic acids is 1. The quantitative estimate of drug-likeness (QED) is 0.689. The summed E-state index contributed by atoms with van der Waals surface area (Å²) in [7, 11) is -2.24. The van der Waals surface area contributed by atoms with Crippen LogP contribution in [0.15, 0.2) is 47.5 Å². The summed E-state index contributed by atoms with van der Waals surface area (Å²) in [5, 5.41) is 0. The molecule has 2 aromatic rings. The van der Waals surface area contributed by atoms with Crippen molar-refractivity contribution in [3.8, 4) is 11.6 Å². The number of esters is 1. The van der Waals surface area contributed by atoms with Gasteiger partial charge in [-0.25, -0.2) is 13.4 Å². The van der Waals surface area contributed by atoms with Crippen molar-refractivity contribution in [2.45, 2.75) is 11.3 Å². The first-order valence-corrected chi connectivity index (χ1v) is 9.80. The molecule has 1 saturated heterocycles. The van der Waals surface area contributed by atoms with E-state index in [1.165, 1.54) is 29.7 Å². The van der Waals surface area contributed by atoms with E-state index in [0.29, 0.717) is 32.1 Å². The molecule has 0 atom stereocenters. The van der Waals surface area contributed by atoms with Crippen LogP contribution in [0.3, 0.4) is 0 Å². The van der Waals surface area contributed by atoms with Gasteiger partial charge in [-0.05, 0) is 23.8 Å². The zero-order chi connectivity index (χ0) is 19.3. The smallest absolute Gasteiger partial charge is 0.309 e. The van der Waals surface area contributed by atoms with E-state index in [4.69, 9.17) is 9.47 Å². The summed E-state index contributed by atoms with van der Waals surface area (Å²) in [6.45, 7) is 1.44. The average molecular weight is 392 g/mol. The molecule has 1 fully saturated rings. The van der Waals surface area contributed by atoms with Crippen LogP contribution in [0, 0.1) is 0 Å². The molecule has 1 aromatic carbocycles. The maximum absolute atomic E-state index is 12.6. The van der Waals surface area contributed by atoms with Crippen molar-refractivity contribution < 1.29 is 27.4 Å². The molecule has 0 amide bonds. The summed E-state index contributed by atoms with van der Waals surface area (Å²) in [4.78, 5) is 15.5. The Balaban J connectivity index is 1.66. The second-order valence-electron chi connectivity index (χ2n) is 5.85. The van der Waals surface area contributed by atoms with Crippen molar-refractivity contribution in [1.82, 2.24) is 9.29 Å². The van der Waals surface area contributed by atoms with E-state index in [-0.39, 0.29) is 23.2 Å². The number of aromatic nitrogens is 1. The number of methoxy groups -OCH3 is 1. The molecular weight excluding hydrogens is 372 g/mol. The summed E-state index contributed by atoms with van der Waals surface area (Å²) in [5.41, 5.74) is 0.800. The highest BCUT2D eigenvalue weighted by Gasteiger charge is 2.26. The SMILES string of the molecule is COC(=O)Cc1ccc(Oc2ccc(S(=O)(=O)N3CCOCC3)cn2)cc1. The standard InChI is InChI=1S/C18H20N2O6S/c1-24-18(21)12-14-2-4-15(5-3-14)26-17-7-6-16(13-19-17)27(22,23)20-8-10-25-11-9-20/h2-7,13H,8-12H2,1H3. The molecule has 2 heterocycles. The number of hydrogen-bond donors (Lipinski definition) is 0. The van der Waals surface area contributed by atoms with E-state index in [1.807, 2.05) is 0 Å². The molecular formula is C18H20N2O6S. The second-order valence-corrected chi connectivity index (χ2v) is 7.79. The van der Waals surface area contributed by atoms with Crippen LogP contribution >= 0.6 is 0 Å². The number of nitrogens with zero attached hydrogens (tertiary/aromatic N) is 2. The van der Waals surface area contributed by atoms with Crippen molar-refractivity contribution in [2.75, 3.05) is 33.4 Å². The van der Waals surface area contributed by atoms with Crippen LogP contribution in [-0.2, 0) is 30.7 Å². The van der Waals surface area contributed by atoms with Gasteiger partial charge < -0.3 is 14.2 Å². The number of pyridine rings is 1. The van der Waals surface area contributed by atoms with Gasteiger partial charge in [-0.1, -0.05) is 12.1 Å². The second kappa shape index (κ2) is 8.47. The van der Waals surface area contributed by atoms with Crippen LogP contribution in [0.1, 0.15) is 5.56 Å². The molecule has 1 aromatic heterocycles. The molecule has 144 valence electrons. The number of carbonyl (C=O) groups is 1. The normalized spacial score (nSPS) is 15.3. The molecule has 1 aliphatic rings. The lowest BCUT2D eigenvalue weighted by molar-refractivity contribution is -0.139. The predicted molar refractivity (Wildman–Crippen MR) is 96.1 cm³/mol. The van der Waals surface area contributed by atoms with Gasteiger partial charge >= 0.3 is 5.97 Å². The Morgan fingerprint density at radius 2 is 1.85 bits per heavy atom. The third kappa shape index (κ3) is 4.82. The molecule has 1 aliphatic heterocycles. The van der Waals surface area contributed by atoms with Gasteiger partial charge in [-0.2, -0.15) is 4.31 Å². The minimum absolute atomic E-state index is 0.116. The minimum Gasteiger partial charge on any atom is -0.469 e. The fourth-order valence-corrected chi connectivity index (χ4v) is 3.90. The lowest BCUT2D eigenvalue weighted by Gasteiger charge is -2.25. The monoisotopic (exact) mass is 392 g/mol. The van der Waals surface area contributed by atoms with E-state index < -0.39 is 10.0 Å². The molecule has 8 nitrogen and oxygen atoms in total. The highest BCUT2D eigenvalue weighted by molar-refractivity contribution is 7.89. The average Bonchev–Trinajstić information content (AvgIpc) is 2.70. The molecule has 0 aliphatic carbocycles. The highest BCUT2D eigenvalue weighted by atomic mass is 32.2. The van der Waals surface area contributed by atoms with Crippen LogP contribution in [0.25, 0.3) is 0 Å². The minimum atomic E-state index is -3.58. The molecule has 0 saturated carbocycles. The van der Waals surface area contributed by atoms with Gasteiger partial charge in [-0.3, -0.25) is 4.79 Å². The van der Waals surface area contributed by atoms with Gasteiger partial charge in [0, 0.05) is 19.2 Å². The van der Waals surface area contributed by atoms with Crippen LogP contribution in [0.2, 0.25) is 0 Å². The van der Waals surface area contributed by atoms with E-state index in [1.54, 1.807) is 24.3 Å². The highest BCUT2D eigenvalue weighted by Crippen LogP contribution is 2.23. The Kier molecular flexibility index (Phi) is 6.04. The zero-order valence-corrected chi connectivity index (χ0v) is 15.6. The first-order valence-electron chi connectivity index (χ1n) is 8.36. The Labute approximate surface area is 157 Å². The molecule has 0 unspecified atom stereocenters. The number of sulfonamides is 1. The summed E-state index contributed by atoms with van der Waals surface area (Å²) in [6.07, 6.45) is 1.47. The van der Waals surface area contributed by atoms with E-state index in [0.717, 1.165) is 5.56 Å². The van der Waals surface area contributed by atoms with Crippen LogP contribution in [0.5, 0.6) is 11.6 Å². The molecule has 0 spiro atoms. The fourth-order valence-electron chi connectivity index (χ4n) is 2.55. The fraction of sp³-hybridized carbons (Fsp3) is 0.333. The van der Waals surface area contributed by atoms with E-state index >= 15 is 0 Å². The summed E-state index contributed by atoms with van der Waals surface area (Å²) >= 11 is 0. The van der Waals surface area contributed by atoms with Crippen molar-refractivity contribution >= 4 is 16.0 Å². The van der Waals surface area contributed by atoms with Gasteiger partial charge in [0.1, 0.15) is 10.6 Å². The van der Waals surface area contributed by atoms with Crippen LogP contribution in [0.4, 0.5) is 0 Å². The largest absolute Gasteiger partial charge is 0.469 e. The Bertz CT molecular complexity index is 875. The van der Waals surface area contributed by atoms with Gasteiger partial charge in [0.25, 0.3) is 0 Å². The van der Waals surface area contributed by atoms with Gasteiger partial charge in [0.05, 0.1) is 32.9 Å². The lowest BCUT2D eigenvalue weighted by atomic mass is 10.1. The molecule has 27 heavy (non-hydrogen) atoms. The number of morpholine rings is 1. The van der Waals surface area contributed by atoms with Gasteiger partial charge in [0.2, 0.25) is 15.9 Å². The first-order chi connectivity index (χ1) is 13.0. The summed E-state index contributed by atoms with van der Waals surface area (Å²) in [6, 6.07) is 9.90. The Morgan fingerprint density at radius 3 is 2.44 bits per heavy atom. The molecule has 0 radical (unpaired) electrons. The molecule has 9 heteroatoms. The zero-order valence-electron chi connectivity index (χ0n) is 14.8. The summed E-state index contributed by atoms with van der Waals surface area (Å²) < 4.78 is 41.9. The molecule has 0 bridgehead atoms. The lowest BCUT2D eigenvalue weighted by Crippen LogP contribution is -2.40. The van der Waals surface area contributed by atoms with Crippen molar-refractivity contribution in [2.24, 2.45) is 0 Å². The van der Waals surface area contributed by atoms with E-state index in [2.05, 4.69) is 9.72 Å². The van der Waals surface area contributed by atoms with Crippen molar-refractivity contribution in [3.63, 3.8) is 0 Å². The number of hydrogen-bond acceptors (Lipinski definition) is 7. The van der Waals surface area contributed by atoms with Gasteiger partial charge in [0.15, 0.2) is 0 Å². The Hall–Kier alpha value is -2.49. The number of ether oxygens (including phenoxy) is 3. The van der Waals surface area contributed by atoms with Crippen LogP contribution in [-0.4, -0.2) is 57.1 Å². The maximum Gasteiger partial charge on any atom is 0.309 e. The van der Waals surface area contributed by atoms with E-state index in [9.17, 15) is 13.2 Å². The maximum atomic E-state index is 12.6. The first kappa shape index (κ1) is 19.3. The molecule has 0 N–H and O–H groups in total. The van der Waals surface area contributed by atoms with Gasteiger partial charge in [-0.15, -0.1) is 0 Å². The molecule has 3 rings (SSSR count). The topological polar surface area (TPSA) is 95.0 Å². The number of benzene rings is 1. The van der Waals surface area contributed by atoms with Crippen molar-refractivity contribution in [1.29, 1.82) is 0 Å².